The van der Waals surface area contributed by atoms with Gasteiger partial charge in [0.1, 0.15) is 18.0 Å². The molecule has 1 heterocycles. The lowest BCUT2D eigenvalue weighted by molar-refractivity contribution is -0.155. The normalized spacial score (nSPS) is 21.5. The van der Waals surface area contributed by atoms with Crippen LogP contribution >= 0.6 is 0 Å². The standard InChI is InChI=1S/C21H29NO4/c1-3-16-8-7-9-17(14-16)25-13-12-22(2)20(24)18-15-19(23)26-21(18)10-5-4-6-11-21/h7-9,14,18H,3-6,10-13,15H2,1-2H3. The van der Waals surface area contributed by atoms with Crippen molar-refractivity contribution in [1.29, 1.82) is 0 Å². The van der Waals surface area contributed by atoms with Crippen molar-refractivity contribution < 1.29 is 19.1 Å². The molecule has 5 nitrogen and oxygen atoms in total. The highest BCUT2D eigenvalue weighted by Gasteiger charge is 2.53. The van der Waals surface area contributed by atoms with Crippen LogP contribution in [0.1, 0.15) is 51.0 Å². The monoisotopic (exact) mass is 359 g/mol. The van der Waals surface area contributed by atoms with Crippen molar-refractivity contribution in [2.75, 3.05) is 20.2 Å². The summed E-state index contributed by atoms with van der Waals surface area (Å²) in [6, 6.07) is 8.02. The molecule has 1 amide bonds. The molecule has 26 heavy (non-hydrogen) atoms. The van der Waals surface area contributed by atoms with E-state index in [1.165, 1.54) is 5.56 Å². The van der Waals surface area contributed by atoms with Gasteiger partial charge in [-0.3, -0.25) is 9.59 Å². The van der Waals surface area contributed by atoms with E-state index in [4.69, 9.17) is 9.47 Å². The molecule has 1 spiro atoms. The maximum Gasteiger partial charge on any atom is 0.307 e. The van der Waals surface area contributed by atoms with Gasteiger partial charge in [0.25, 0.3) is 0 Å². The number of likely N-dealkylation sites (N-methyl/N-ethyl adjacent to an activating group) is 1. The largest absolute Gasteiger partial charge is 0.492 e. The summed E-state index contributed by atoms with van der Waals surface area (Å²) in [6.07, 6.45) is 6.00. The van der Waals surface area contributed by atoms with Crippen LogP contribution in [-0.2, 0) is 20.7 Å². The van der Waals surface area contributed by atoms with Crippen LogP contribution in [0.4, 0.5) is 0 Å². The molecule has 5 heteroatoms. The van der Waals surface area contributed by atoms with Gasteiger partial charge in [-0.05, 0) is 49.8 Å². The van der Waals surface area contributed by atoms with E-state index in [-0.39, 0.29) is 24.2 Å². The topological polar surface area (TPSA) is 55.8 Å². The van der Waals surface area contributed by atoms with Gasteiger partial charge in [-0.2, -0.15) is 0 Å². The predicted molar refractivity (Wildman–Crippen MR) is 99.0 cm³/mol. The van der Waals surface area contributed by atoms with Crippen molar-refractivity contribution in [3.8, 4) is 5.75 Å². The molecule has 2 aliphatic rings. The molecule has 3 rings (SSSR count). The third-order valence-corrected chi connectivity index (χ3v) is 5.70. The van der Waals surface area contributed by atoms with E-state index in [2.05, 4.69) is 13.0 Å². The van der Waals surface area contributed by atoms with Gasteiger partial charge in [0.05, 0.1) is 18.9 Å². The third-order valence-electron chi connectivity index (χ3n) is 5.70. The lowest BCUT2D eigenvalue weighted by Gasteiger charge is -2.37. The SMILES string of the molecule is CCc1cccc(OCCN(C)C(=O)C2CC(=O)OC23CCCCC3)c1. The van der Waals surface area contributed by atoms with Gasteiger partial charge < -0.3 is 14.4 Å². The highest BCUT2D eigenvalue weighted by molar-refractivity contribution is 5.87. The molecule has 1 aliphatic carbocycles. The van der Waals surface area contributed by atoms with Crippen LogP contribution in [0.3, 0.4) is 0 Å². The van der Waals surface area contributed by atoms with Gasteiger partial charge in [0.15, 0.2) is 0 Å². The number of carbonyl (C=O) groups is 2. The number of esters is 1. The van der Waals surface area contributed by atoms with Gasteiger partial charge in [-0.1, -0.05) is 25.5 Å². The molecule has 1 aromatic rings. The van der Waals surface area contributed by atoms with Crippen LogP contribution in [0.2, 0.25) is 0 Å². The Morgan fingerprint density at radius 1 is 1.31 bits per heavy atom. The maximum absolute atomic E-state index is 12.9. The number of carbonyl (C=O) groups excluding carboxylic acids is 2. The first-order valence-corrected chi connectivity index (χ1v) is 9.72. The lowest BCUT2D eigenvalue weighted by atomic mass is 9.75. The van der Waals surface area contributed by atoms with Crippen LogP contribution in [0.25, 0.3) is 0 Å². The summed E-state index contributed by atoms with van der Waals surface area (Å²) in [5.74, 6) is 0.256. The van der Waals surface area contributed by atoms with Crippen LogP contribution < -0.4 is 4.74 Å². The minimum Gasteiger partial charge on any atom is -0.492 e. The lowest BCUT2D eigenvalue weighted by Crippen LogP contribution is -2.47. The summed E-state index contributed by atoms with van der Waals surface area (Å²) in [6.45, 7) is 3.04. The fraction of sp³-hybridized carbons (Fsp3) is 0.619. The van der Waals surface area contributed by atoms with Crippen molar-refractivity contribution >= 4 is 11.9 Å². The number of benzene rings is 1. The number of hydrogen-bond donors (Lipinski definition) is 0. The van der Waals surface area contributed by atoms with Gasteiger partial charge in [0.2, 0.25) is 5.91 Å². The summed E-state index contributed by atoms with van der Waals surface area (Å²) in [7, 11) is 1.79. The molecule has 1 atom stereocenters. The molecule has 0 aromatic heterocycles. The summed E-state index contributed by atoms with van der Waals surface area (Å²) >= 11 is 0. The van der Waals surface area contributed by atoms with Crippen molar-refractivity contribution in [2.24, 2.45) is 5.92 Å². The van der Waals surface area contributed by atoms with Crippen LogP contribution in [0.15, 0.2) is 24.3 Å². The molecule has 1 unspecified atom stereocenters. The second-order valence-electron chi connectivity index (χ2n) is 7.47. The third kappa shape index (κ3) is 4.02. The fourth-order valence-corrected chi connectivity index (χ4v) is 4.14. The fourth-order valence-electron chi connectivity index (χ4n) is 4.14. The summed E-state index contributed by atoms with van der Waals surface area (Å²) < 4.78 is 11.5. The molecule has 2 fully saturated rings. The van der Waals surface area contributed by atoms with Gasteiger partial charge in [-0.15, -0.1) is 0 Å². The molecule has 0 bridgehead atoms. The number of aryl methyl sites for hydroxylation is 1. The van der Waals surface area contributed by atoms with Crippen molar-refractivity contribution in [3.05, 3.63) is 29.8 Å². The Morgan fingerprint density at radius 3 is 2.81 bits per heavy atom. The first-order chi connectivity index (χ1) is 12.5. The highest BCUT2D eigenvalue weighted by atomic mass is 16.6. The van der Waals surface area contributed by atoms with Crippen LogP contribution in [-0.4, -0.2) is 42.6 Å². The zero-order chi connectivity index (χ0) is 18.6. The minimum atomic E-state index is -0.559. The second-order valence-corrected chi connectivity index (χ2v) is 7.47. The van der Waals surface area contributed by atoms with Gasteiger partial charge in [0, 0.05) is 7.05 Å². The quantitative estimate of drug-likeness (QED) is 0.731. The van der Waals surface area contributed by atoms with Crippen molar-refractivity contribution in [1.82, 2.24) is 4.90 Å². The Kier molecular flexibility index (Phi) is 5.84. The molecule has 1 saturated heterocycles. The maximum atomic E-state index is 12.9. The molecule has 1 aliphatic heterocycles. The molecule has 0 N–H and O–H groups in total. The molecule has 142 valence electrons. The Balaban J connectivity index is 1.56. The van der Waals surface area contributed by atoms with E-state index in [9.17, 15) is 9.59 Å². The molecule has 1 saturated carbocycles. The summed E-state index contributed by atoms with van der Waals surface area (Å²) in [5, 5.41) is 0. The Morgan fingerprint density at radius 2 is 2.08 bits per heavy atom. The smallest absolute Gasteiger partial charge is 0.307 e. The predicted octanol–water partition coefficient (Wildman–Crippen LogP) is 3.35. The molecular weight excluding hydrogens is 330 g/mol. The van der Waals surface area contributed by atoms with E-state index < -0.39 is 5.60 Å². The Bertz CT molecular complexity index is 651. The summed E-state index contributed by atoms with van der Waals surface area (Å²) in [4.78, 5) is 26.5. The first-order valence-electron chi connectivity index (χ1n) is 9.72. The second kappa shape index (κ2) is 8.11. The average molecular weight is 359 g/mol. The number of rotatable bonds is 6. The van der Waals surface area contributed by atoms with E-state index >= 15 is 0 Å². The van der Waals surface area contributed by atoms with E-state index in [0.29, 0.717) is 13.2 Å². The molecular formula is C21H29NO4. The average Bonchev–Trinajstić information content (AvgIpc) is 2.97. The molecule has 0 radical (unpaired) electrons. The van der Waals surface area contributed by atoms with Crippen LogP contribution in [0.5, 0.6) is 5.75 Å². The minimum absolute atomic E-state index is 0.00339. The van der Waals surface area contributed by atoms with Crippen LogP contribution in [0, 0.1) is 5.92 Å². The number of nitrogens with zero attached hydrogens (tertiary/aromatic N) is 1. The number of ether oxygens (including phenoxy) is 2. The first kappa shape index (κ1) is 18.7. The summed E-state index contributed by atoms with van der Waals surface area (Å²) in [5.41, 5.74) is 0.671. The van der Waals surface area contributed by atoms with Crippen molar-refractivity contribution in [3.63, 3.8) is 0 Å². The van der Waals surface area contributed by atoms with E-state index in [1.807, 2.05) is 18.2 Å². The highest BCUT2D eigenvalue weighted by Crippen LogP contribution is 2.44. The zero-order valence-corrected chi connectivity index (χ0v) is 15.8. The number of hydrogen-bond acceptors (Lipinski definition) is 4. The van der Waals surface area contributed by atoms with E-state index in [0.717, 1.165) is 44.3 Å². The molecule has 1 aromatic carbocycles. The number of amides is 1. The Labute approximate surface area is 155 Å². The van der Waals surface area contributed by atoms with Gasteiger partial charge in [-0.25, -0.2) is 0 Å². The zero-order valence-electron chi connectivity index (χ0n) is 15.8. The van der Waals surface area contributed by atoms with Gasteiger partial charge >= 0.3 is 5.97 Å². The van der Waals surface area contributed by atoms with Crippen molar-refractivity contribution in [2.45, 2.75) is 57.5 Å². The Hall–Kier alpha value is -2.04. The van der Waals surface area contributed by atoms with E-state index in [1.54, 1.807) is 11.9 Å².